The van der Waals surface area contributed by atoms with Gasteiger partial charge in [0.2, 0.25) is 5.75 Å². The molecule has 0 unspecified atom stereocenters. The Kier molecular flexibility index (Phi) is 4.74. The minimum atomic E-state index is 0.549. The summed E-state index contributed by atoms with van der Waals surface area (Å²) in [6, 6.07) is 9.26. The van der Waals surface area contributed by atoms with Crippen LogP contribution in [0.1, 0.15) is 5.56 Å². The molecule has 0 bridgehead atoms. The van der Waals surface area contributed by atoms with Crippen molar-refractivity contribution in [2.45, 2.75) is 0 Å². The number of hydrogen-bond donors (Lipinski definition) is 0. The monoisotopic (exact) mass is 329 g/mol. The van der Waals surface area contributed by atoms with Crippen molar-refractivity contribution >= 4 is 11.9 Å². The van der Waals surface area contributed by atoms with Gasteiger partial charge in [0.05, 0.1) is 27.0 Å². The van der Waals surface area contributed by atoms with Gasteiger partial charge in [-0.1, -0.05) is 0 Å². The topological polar surface area (TPSA) is 58.5 Å². The lowest BCUT2D eigenvalue weighted by Gasteiger charge is -2.18. The second-order valence-corrected chi connectivity index (χ2v) is 5.04. The third kappa shape index (κ3) is 3.22. The summed E-state index contributed by atoms with van der Waals surface area (Å²) in [4.78, 5) is 4.48. The first-order chi connectivity index (χ1) is 11.7. The number of methoxy groups -OCH3 is 3. The maximum atomic E-state index is 5.56. The smallest absolute Gasteiger partial charge is 0.203 e. The van der Waals surface area contributed by atoms with Crippen LogP contribution in [0.3, 0.4) is 0 Å². The van der Waals surface area contributed by atoms with Crippen LogP contribution in [0.4, 0.5) is 5.69 Å². The van der Waals surface area contributed by atoms with Crippen LogP contribution in [0, 0.1) is 0 Å². The second kappa shape index (κ2) is 7.12. The standard InChI is InChI=1S/C18H19NO5/c1-20-16-8-12(9-17(21-2)18(16)22-3)11-19-13-4-5-14-15(10-13)24-7-6-23-14/h4-5,8-11H,6-7H2,1-3H3. The maximum Gasteiger partial charge on any atom is 0.203 e. The first kappa shape index (κ1) is 16.0. The Hall–Kier alpha value is -2.89. The van der Waals surface area contributed by atoms with Gasteiger partial charge in [0.1, 0.15) is 13.2 Å². The Morgan fingerprint density at radius 2 is 1.54 bits per heavy atom. The fourth-order valence-corrected chi connectivity index (χ4v) is 2.44. The van der Waals surface area contributed by atoms with Crippen LogP contribution < -0.4 is 23.7 Å². The highest BCUT2D eigenvalue weighted by Crippen LogP contribution is 2.38. The summed E-state index contributed by atoms with van der Waals surface area (Å²) in [6.07, 6.45) is 1.73. The predicted molar refractivity (Wildman–Crippen MR) is 90.8 cm³/mol. The van der Waals surface area contributed by atoms with E-state index in [-0.39, 0.29) is 0 Å². The van der Waals surface area contributed by atoms with Crippen molar-refractivity contribution in [1.82, 2.24) is 0 Å². The van der Waals surface area contributed by atoms with E-state index in [1.165, 1.54) is 0 Å². The Morgan fingerprint density at radius 3 is 2.17 bits per heavy atom. The van der Waals surface area contributed by atoms with Gasteiger partial charge in [-0.3, -0.25) is 4.99 Å². The Balaban J connectivity index is 1.89. The van der Waals surface area contributed by atoms with Gasteiger partial charge in [0, 0.05) is 17.8 Å². The molecule has 0 spiro atoms. The van der Waals surface area contributed by atoms with E-state index < -0.39 is 0 Å². The highest BCUT2D eigenvalue weighted by Gasteiger charge is 2.13. The van der Waals surface area contributed by atoms with E-state index in [2.05, 4.69) is 4.99 Å². The second-order valence-electron chi connectivity index (χ2n) is 5.04. The molecule has 2 aromatic carbocycles. The molecule has 6 heteroatoms. The summed E-state index contributed by atoms with van der Waals surface area (Å²) in [5, 5.41) is 0. The Labute approximate surface area is 140 Å². The molecule has 3 rings (SSSR count). The summed E-state index contributed by atoms with van der Waals surface area (Å²) in [7, 11) is 4.74. The van der Waals surface area contributed by atoms with E-state index in [0.29, 0.717) is 36.2 Å². The van der Waals surface area contributed by atoms with Gasteiger partial charge < -0.3 is 23.7 Å². The number of nitrogens with zero attached hydrogens (tertiary/aromatic N) is 1. The number of rotatable bonds is 5. The van der Waals surface area contributed by atoms with Gasteiger partial charge in [-0.05, 0) is 24.3 Å². The molecule has 126 valence electrons. The lowest BCUT2D eigenvalue weighted by molar-refractivity contribution is 0.171. The van der Waals surface area contributed by atoms with Crippen LogP contribution in [-0.2, 0) is 0 Å². The summed E-state index contributed by atoms with van der Waals surface area (Å²) >= 11 is 0. The SMILES string of the molecule is COc1cc(C=Nc2ccc3c(c2)OCCO3)cc(OC)c1OC. The zero-order valence-corrected chi connectivity index (χ0v) is 13.9. The molecular weight excluding hydrogens is 310 g/mol. The van der Waals surface area contributed by atoms with Gasteiger partial charge in [-0.2, -0.15) is 0 Å². The van der Waals surface area contributed by atoms with E-state index in [9.17, 15) is 0 Å². The fraction of sp³-hybridized carbons (Fsp3) is 0.278. The summed E-state index contributed by atoms with van der Waals surface area (Å²) < 4.78 is 27.1. The summed E-state index contributed by atoms with van der Waals surface area (Å²) in [5.74, 6) is 3.17. The number of aliphatic imine (C=N–C) groups is 1. The lowest BCUT2D eigenvalue weighted by atomic mass is 10.2. The molecule has 0 amide bonds. The molecular formula is C18H19NO5. The predicted octanol–water partition coefficient (Wildman–Crippen LogP) is 3.23. The van der Waals surface area contributed by atoms with E-state index in [4.69, 9.17) is 23.7 Å². The van der Waals surface area contributed by atoms with E-state index >= 15 is 0 Å². The molecule has 0 atom stereocenters. The average molecular weight is 329 g/mol. The van der Waals surface area contributed by atoms with Crippen LogP contribution >= 0.6 is 0 Å². The van der Waals surface area contributed by atoms with Crippen LogP contribution in [-0.4, -0.2) is 40.8 Å². The number of fused-ring (bicyclic) bond motifs is 1. The van der Waals surface area contributed by atoms with E-state index in [1.807, 2.05) is 30.3 Å². The molecule has 0 saturated carbocycles. The molecule has 0 N–H and O–H groups in total. The molecule has 1 aliphatic rings. The number of ether oxygens (including phenoxy) is 5. The number of benzene rings is 2. The average Bonchev–Trinajstić information content (AvgIpc) is 2.65. The minimum Gasteiger partial charge on any atom is -0.493 e. The van der Waals surface area contributed by atoms with Crippen molar-refractivity contribution in [2.75, 3.05) is 34.5 Å². The van der Waals surface area contributed by atoms with Crippen LogP contribution in [0.15, 0.2) is 35.3 Å². The van der Waals surface area contributed by atoms with Crippen molar-refractivity contribution in [3.05, 3.63) is 35.9 Å². The van der Waals surface area contributed by atoms with Crippen molar-refractivity contribution in [3.63, 3.8) is 0 Å². The molecule has 0 aliphatic carbocycles. The fourth-order valence-electron chi connectivity index (χ4n) is 2.44. The molecule has 0 saturated heterocycles. The molecule has 0 aromatic heterocycles. The van der Waals surface area contributed by atoms with Crippen molar-refractivity contribution < 1.29 is 23.7 Å². The quantitative estimate of drug-likeness (QED) is 0.788. The van der Waals surface area contributed by atoms with E-state index in [1.54, 1.807) is 27.5 Å². The molecule has 6 nitrogen and oxygen atoms in total. The highest BCUT2D eigenvalue weighted by molar-refractivity contribution is 5.84. The number of hydrogen-bond acceptors (Lipinski definition) is 6. The molecule has 24 heavy (non-hydrogen) atoms. The zero-order chi connectivity index (χ0) is 16.9. The van der Waals surface area contributed by atoms with Gasteiger partial charge in [0.15, 0.2) is 23.0 Å². The van der Waals surface area contributed by atoms with Gasteiger partial charge >= 0.3 is 0 Å². The van der Waals surface area contributed by atoms with Gasteiger partial charge in [-0.25, -0.2) is 0 Å². The minimum absolute atomic E-state index is 0.549. The van der Waals surface area contributed by atoms with Crippen LogP contribution in [0.2, 0.25) is 0 Å². The molecule has 1 heterocycles. The van der Waals surface area contributed by atoms with Gasteiger partial charge in [0.25, 0.3) is 0 Å². The van der Waals surface area contributed by atoms with Crippen LogP contribution in [0.25, 0.3) is 0 Å². The summed E-state index contributed by atoms with van der Waals surface area (Å²) in [5.41, 5.74) is 1.60. The van der Waals surface area contributed by atoms with Crippen molar-refractivity contribution in [1.29, 1.82) is 0 Å². The highest BCUT2D eigenvalue weighted by atomic mass is 16.6. The van der Waals surface area contributed by atoms with Crippen LogP contribution in [0.5, 0.6) is 28.7 Å². The summed E-state index contributed by atoms with van der Waals surface area (Å²) in [6.45, 7) is 1.12. The van der Waals surface area contributed by atoms with E-state index in [0.717, 1.165) is 17.0 Å². The molecule has 2 aromatic rings. The Morgan fingerprint density at radius 1 is 0.875 bits per heavy atom. The molecule has 1 aliphatic heterocycles. The largest absolute Gasteiger partial charge is 0.493 e. The lowest BCUT2D eigenvalue weighted by Crippen LogP contribution is -2.14. The first-order valence-corrected chi connectivity index (χ1v) is 7.49. The Bertz CT molecular complexity index is 732. The molecule has 0 radical (unpaired) electrons. The van der Waals surface area contributed by atoms with Crippen molar-refractivity contribution in [2.24, 2.45) is 4.99 Å². The zero-order valence-electron chi connectivity index (χ0n) is 13.9. The first-order valence-electron chi connectivity index (χ1n) is 7.49. The molecule has 0 fully saturated rings. The third-order valence-corrected chi connectivity index (χ3v) is 3.58. The van der Waals surface area contributed by atoms with Gasteiger partial charge in [-0.15, -0.1) is 0 Å². The third-order valence-electron chi connectivity index (χ3n) is 3.58. The normalized spacial score (nSPS) is 13.0. The maximum absolute atomic E-state index is 5.56. The van der Waals surface area contributed by atoms with Crippen molar-refractivity contribution in [3.8, 4) is 28.7 Å².